The number of nitrogens with zero attached hydrogens (tertiary/aromatic N) is 2. The van der Waals surface area contributed by atoms with E-state index in [1.165, 1.54) is 0 Å². The average molecular weight is 350 g/mol. The maximum absolute atomic E-state index is 13.5. The van der Waals surface area contributed by atoms with Crippen molar-refractivity contribution in [3.8, 4) is 0 Å². The van der Waals surface area contributed by atoms with Crippen LogP contribution in [0.5, 0.6) is 0 Å². The number of allylic oxidation sites excluding steroid dienone is 8. The Hall–Kier alpha value is -3.68. The van der Waals surface area contributed by atoms with Crippen LogP contribution in [-0.2, 0) is 0 Å². The maximum Gasteiger partial charge on any atom is 0.265 e. The second kappa shape index (κ2) is 6.91. The van der Waals surface area contributed by atoms with Gasteiger partial charge in [0.2, 0.25) is 0 Å². The molecule has 0 fully saturated rings. The highest BCUT2D eigenvalue weighted by atomic mass is 16.1. The molecule has 0 saturated carbocycles. The van der Waals surface area contributed by atoms with Crippen LogP contribution in [0.1, 0.15) is 6.92 Å². The molecule has 4 rings (SSSR count). The molecule has 0 unspecified atom stereocenters. The first-order valence-corrected chi connectivity index (χ1v) is 8.75. The van der Waals surface area contributed by atoms with E-state index < -0.39 is 0 Å². The average Bonchev–Trinajstić information content (AvgIpc) is 2.68. The predicted octanol–water partition coefficient (Wildman–Crippen LogP) is 4.71. The minimum absolute atomic E-state index is 0.111. The Balaban J connectivity index is 2.32. The predicted molar refractivity (Wildman–Crippen MR) is 112 cm³/mol. The molecule has 3 nitrogen and oxygen atoms in total. The highest BCUT2D eigenvalue weighted by Gasteiger charge is 2.14. The summed E-state index contributed by atoms with van der Waals surface area (Å²) in [6.07, 6.45) is 12.8. The van der Waals surface area contributed by atoms with Gasteiger partial charge in [-0.05, 0) is 36.6 Å². The van der Waals surface area contributed by atoms with Crippen molar-refractivity contribution in [2.45, 2.75) is 6.92 Å². The van der Waals surface area contributed by atoms with E-state index in [0.29, 0.717) is 16.6 Å². The molecule has 0 atom stereocenters. The van der Waals surface area contributed by atoms with E-state index >= 15 is 0 Å². The van der Waals surface area contributed by atoms with Crippen molar-refractivity contribution in [2.75, 3.05) is 0 Å². The lowest BCUT2D eigenvalue weighted by Gasteiger charge is -2.12. The highest BCUT2D eigenvalue weighted by molar-refractivity contribution is 6.09. The molecule has 3 aromatic rings. The molecule has 2 heterocycles. The second-order valence-corrected chi connectivity index (χ2v) is 6.27. The molecule has 3 heteroatoms. The fourth-order valence-electron chi connectivity index (χ4n) is 3.31. The van der Waals surface area contributed by atoms with Crippen molar-refractivity contribution >= 4 is 27.2 Å². The van der Waals surface area contributed by atoms with Crippen LogP contribution in [-0.4, -0.2) is 4.57 Å². The van der Waals surface area contributed by atoms with Crippen LogP contribution in [0.3, 0.4) is 0 Å². The SMILES string of the molecule is C=C/C=C\C1=C=C\C=C/C=C(C)/N=c2/c3cccc4cccc(c(=O)n21)c43. The minimum Gasteiger partial charge on any atom is -0.268 e. The van der Waals surface area contributed by atoms with Gasteiger partial charge in [0.05, 0.1) is 5.70 Å². The van der Waals surface area contributed by atoms with E-state index in [1.54, 1.807) is 22.8 Å². The van der Waals surface area contributed by atoms with Gasteiger partial charge in [0.25, 0.3) is 5.56 Å². The van der Waals surface area contributed by atoms with Gasteiger partial charge in [-0.3, -0.25) is 9.36 Å². The third-order valence-electron chi connectivity index (χ3n) is 4.48. The van der Waals surface area contributed by atoms with E-state index in [4.69, 9.17) is 4.99 Å². The van der Waals surface area contributed by atoms with Crippen molar-refractivity contribution in [1.82, 2.24) is 4.57 Å². The summed E-state index contributed by atoms with van der Waals surface area (Å²) >= 11 is 0. The second-order valence-electron chi connectivity index (χ2n) is 6.27. The standard InChI is InChI=1S/C24H18N2O/c1-3-4-13-19-14-7-5-6-10-17(2)25-23-20-15-8-11-18-12-9-16-21(22(18)20)24(27)26(19)23/h3-13,15-16H,1H2,2H3/b6-5-,13-4-,17-10+,25-23-. The summed E-state index contributed by atoms with van der Waals surface area (Å²) in [4.78, 5) is 18.2. The summed E-state index contributed by atoms with van der Waals surface area (Å²) in [7, 11) is 0. The molecule has 130 valence electrons. The van der Waals surface area contributed by atoms with Gasteiger partial charge in [0.15, 0.2) is 0 Å². The van der Waals surface area contributed by atoms with Crippen molar-refractivity contribution < 1.29 is 0 Å². The summed E-state index contributed by atoms with van der Waals surface area (Å²) in [6, 6.07) is 11.8. The van der Waals surface area contributed by atoms with Crippen LogP contribution in [0.25, 0.3) is 27.2 Å². The fraction of sp³-hybridized carbons (Fsp3) is 0.0417. The maximum atomic E-state index is 13.5. The van der Waals surface area contributed by atoms with Gasteiger partial charge in [0, 0.05) is 21.9 Å². The third-order valence-corrected chi connectivity index (χ3v) is 4.48. The van der Waals surface area contributed by atoms with E-state index in [-0.39, 0.29) is 5.56 Å². The van der Waals surface area contributed by atoms with E-state index in [2.05, 4.69) is 12.3 Å². The number of hydrogen-bond acceptors (Lipinski definition) is 2. The van der Waals surface area contributed by atoms with Gasteiger partial charge >= 0.3 is 0 Å². The van der Waals surface area contributed by atoms with Crippen LogP contribution in [0.15, 0.2) is 107 Å². The van der Waals surface area contributed by atoms with Gasteiger partial charge in [-0.2, -0.15) is 0 Å². The molecular formula is C24H18N2O. The third kappa shape index (κ3) is 2.91. The molecule has 0 radical (unpaired) electrons. The number of benzene rings is 2. The topological polar surface area (TPSA) is 34.4 Å². The summed E-state index contributed by atoms with van der Waals surface area (Å²) in [6.45, 7) is 5.65. The van der Waals surface area contributed by atoms with Gasteiger partial charge in [-0.15, -0.1) is 0 Å². The number of hydrogen-bond donors (Lipinski definition) is 0. The zero-order valence-corrected chi connectivity index (χ0v) is 15.0. The van der Waals surface area contributed by atoms with Gasteiger partial charge in [-0.25, -0.2) is 4.99 Å². The first-order chi connectivity index (χ1) is 13.2. The Morgan fingerprint density at radius 3 is 2.67 bits per heavy atom. The van der Waals surface area contributed by atoms with Gasteiger partial charge in [0.1, 0.15) is 5.49 Å². The number of fused-ring (bicyclic) bond motifs is 2. The molecule has 27 heavy (non-hydrogen) atoms. The van der Waals surface area contributed by atoms with Crippen LogP contribution < -0.4 is 11.0 Å². The molecule has 0 N–H and O–H groups in total. The lowest BCUT2D eigenvalue weighted by atomic mass is 10.0. The lowest BCUT2D eigenvalue weighted by molar-refractivity contribution is 0.953. The summed E-state index contributed by atoms with van der Waals surface area (Å²) < 4.78 is 1.63. The molecule has 1 aliphatic rings. The molecular weight excluding hydrogens is 332 g/mol. The highest BCUT2D eigenvalue weighted by Crippen LogP contribution is 2.23. The zero-order valence-electron chi connectivity index (χ0n) is 15.0. The van der Waals surface area contributed by atoms with Gasteiger partial charge < -0.3 is 0 Å². The van der Waals surface area contributed by atoms with E-state index in [9.17, 15) is 4.79 Å². The molecule has 0 spiro atoms. The van der Waals surface area contributed by atoms with Gasteiger partial charge in [-0.1, -0.05) is 66.9 Å². The molecule has 2 aromatic carbocycles. The number of rotatable bonds is 2. The number of aromatic nitrogens is 1. The Bertz CT molecular complexity index is 1340. The Morgan fingerprint density at radius 1 is 1.11 bits per heavy atom. The van der Waals surface area contributed by atoms with Crippen LogP contribution in [0.4, 0.5) is 0 Å². The lowest BCUT2D eigenvalue weighted by Crippen LogP contribution is -2.33. The molecule has 1 aromatic heterocycles. The molecule has 1 aliphatic heterocycles. The van der Waals surface area contributed by atoms with Crippen LogP contribution in [0.2, 0.25) is 0 Å². The Kier molecular flexibility index (Phi) is 4.29. The normalized spacial score (nSPS) is 18.5. The Morgan fingerprint density at radius 2 is 1.89 bits per heavy atom. The molecule has 0 amide bonds. The van der Waals surface area contributed by atoms with Crippen molar-refractivity contribution in [3.63, 3.8) is 0 Å². The van der Waals surface area contributed by atoms with Crippen LogP contribution in [0, 0.1) is 0 Å². The van der Waals surface area contributed by atoms with Crippen molar-refractivity contribution in [1.29, 1.82) is 0 Å². The minimum atomic E-state index is -0.111. The Labute approximate surface area is 157 Å². The quantitative estimate of drug-likeness (QED) is 0.487. The molecule has 0 saturated heterocycles. The fourth-order valence-corrected chi connectivity index (χ4v) is 3.31. The van der Waals surface area contributed by atoms with E-state index in [0.717, 1.165) is 21.9 Å². The monoisotopic (exact) mass is 350 g/mol. The summed E-state index contributed by atoms with van der Waals surface area (Å²) in [5.74, 6) is 0. The summed E-state index contributed by atoms with van der Waals surface area (Å²) in [5.41, 5.74) is 5.13. The zero-order chi connectivity index (χ0) is 18.8. The molecule has 0 aliphatic carbocycles. The largest absolute Gasteiger partial charge is 0.268 e. The first kappa shape index (κ1) is 16.8. The molecule has 0 bridgehead atoms. The first-order valence-electron chi connectivity index (χ1n) is 8.75. The van der Waals surface area contributed by atoms with Crippen molar-refractivity contribution in [2.24, 2.45) is 4.99 Å². The smallest absolute Gasteiger partial charge is 0.265 e. The number of pyridine rings is 1. The van der Waals surface area contributed by atoms with Crippen LogP contribution >= 0.6 is 0 Å². The summed E-state index contributed by atoms with van der Waals surface area (Å²) in [5, 5.41) is 3.58. The van der Waals surface area contributed by atoms with Crippen molar-refractivity contribution in [3.05, 3.63) is 113 Å². The van der Waals surface area contributed by atoms with E-state index in [1.807, 2.05) is 67.6 Å².